The molecule has 0 bridgehead atoms. The van der Waals surface area contributed by atoms with Crippen LogP contribution in [0.4, 0.5) is 5.69 Å². The van der Waals surface area contributed by atoms with Gasteiger partial charge in [-0.25, -0.2) is 8.42 Å². The molecule has 1 aliphatic rings. The second-order valence-corrected chi connectivity index (χ2v) is 8.53. The number of carbonyl (C=O) groups excluding carboxylic acids is 1. The number of nitrogens with one attached hydrogen (secondary N) is 2. The van der Waals surface area contributed by atoms with Gasteiger partial charge in [-0.05, 0) is 73.8 Å². The highest BCUT2D eigenvalue weighted by molar-refractivity contribution is 7.90. The Hall–Kier alpha value is -2.18. The molecule has 1 heterocycles. The predicted molar refractivity (Wildman–Crippen MR) is 98.6 cm³/mol. The lowest BCUT2D eigenvalue weighted by atomic mass is 9.97. The van der Waals surface area contributed by atoms with Crippen molar-refractivity contribution in [1.82, 2.24) is 5.32 Å². The molecule has 0 aromatic heterocycles. The summed E-state index contributed by atoms with van der Waals surface area (Å²) in [4.78, 5) is 12.7. The van der Waals surface area contributed by atoms with E-state index in [1.54, 1.807) is 18.2 Å². The Balaban J connectivity index is 1.68. The fraction of sp³-hybridized carbons (Fsp3) is 0.316. The maximum Gasteiger partial charge on any atom is 0.255 e. The van der Waals surface area contributed by atoms with Crippen LogP contribution in [0.3, 0.4) is 0 Å². The number of hydrogen-bond acceptors (Lipinski definition) is 4. The molecule has 0 saturated carbocycles. The highest BCUT2D eigenvalue weighted by Crippen LogP contribution is 2.18. The zero-order valence-electron chi connectivity index (χ0n) is 14.2. The molecule has 1 fully saturated rings. The Morgan fingerprint density at radius 3 is 2.60 bits per heavy atom. The Kier molecular flexibility index (Phi) is 5.20. The topological polar surface area (TPSA) is 75.3 Å². The van der Waals surface area contributed by atoms with Crippen LogP contribution in [0.2, 0.25) is 0 Å². The van der Waals surface area contributed by atoms with E-state index in [2.05, 4.69) is 16.7 Å². The zero-order chi connectivity index (χ0) is 17.9. The second-order valence-electron chi connectivity index (χ2n) is 6.51. The molecule has 1 atom stereocenters. The van der Waals surface area contributed by atoms with Crippen molar-refractivity contribution in [2.75, 3.05) is 24.7 Å². The first-order chi connectivity index (χ1) is 11.9. The largest absolute Gasteiger partial charge is 0.322 e. The maximum absolute atomic E-state index is 12.4. The molecule has 2 aromatic rings. The van der Waals surface area contributed by atoms with Crippen LogP contribution in [0.1, 0.15) is 22.3 Å². The van der Waals surface area contributed by atoms with Crippen LogP contribution in [-0.4, -0.2) is 33.7 Å². The lowest BCUT2D eigenvalue weighted by Gasteiger charge is -2.10. The standard InChI is InChI=1S/C19H22N2O3S/c1-25(23,24)18-7-5-17(6-8-18)21-19(22)16-4-2-3-14(12-16)11-15-9-10-20-13-15/h2-8,12,15,20H,9-11,13H2,1H3,(H,21,22). The van der Waals surface area contributed by atoms with Gasteiger partial charge in [0.15, 0.2) is 9.84 Å². The van der Waals surface area contributed by atoms with E-state index in [9.17, 15) is 13.2 Å². The van der Waals surface area contributed by atoms with Gasteiger partial charge in [0, 0.05) is 17.5 Å². The Morgan fingerprint density at radius 1 is 1.20 bits per heavy atom. The molecule has 3 rings (SSSR count). The third-order valence-corrected chi connectivity index (χ3v) is 5.54. The van der Waals surface area contributed by atoms with Crippen LogP contribution in [0, 0.1) is 5.92 Å². The monoisotopic (exact) mass is 358 g/mol. The Labute approximate surface area is 148 Å². The van der Waals surface area contributed by atoms with Crippen molar-refractivity contribution in [3.63, 3.8) is 0 Å². The summed E-state index contributed by atoms with van der Waals surface area (Å²) in [7, 11) is -3.24. The predicted octanol–water partition coefficient (Wildman–Crippen LogP) is 2.49. The minimum atomic E-state index is -3.24. The summed E-state index contributed by atoms with van der Waals surface area (Å²) in [6.45, 7) is 2.09. The van der Waals surface area contributed by atoms with Gasteiger partial charge in [-0.1, -0.05) is 12.1 Å². The van der Waals surface area contributed by atoms with Crippen molar-refractivity contribution in [2.45, 2.75) is 17.7 Å². The lowest BCUT2D eigenvalue weighted by Crippen LogP contribution is -2.13. The molecular weight excluding hydrogens is 336 g/mol. The highest BCUT2D eigenvalue weighted by Gasteiger charge is 2.16. The number of anilines is 1. The maximum atomic E-state index is 12.4. The fourth-order valence-corrected chi connectivity index (χ4v) is 3.68. The van der Waals surface area contributed by atoms with Gasteiger partial charge in [-0.2, -0.15) is 0 Å². The van der Waals surface area contributed by atoms with Gasteiger partial charge in [0.1, 0.15) is 0 Å². The van der Waals surface area contributed by atoms with E-state index in [0.29, 0.717) is 17.2 Å². The first kappa shape index (κ1) is 17.6. The summed E-state index contributed by atoms with van der Waals surface area (Å²) in [6.07, 6.45) is 3.30. The van der Waals surface area contributed by atoms with E-state index >= 15 is 0 Å². The smallest absolute Gasteiger partial charge is 0.255 e. The molecule has 2 N–H and O–H groups in total. The van der Waals surface area contributed by atoms with Crippen molar-refractivity contribution in [3.8, 4) is 0 Å². The van der Waals surface area contributed by atoms with Gasteiger partial charge < -0.3 is 10.6 Å². The van der Waals surface area contributed by atoms with Crippen LogP contribution >= 0.6 is 0 Å². The third-order valence-electron chi connectivity index (χ3n) is 4.42. The molecule has 0 radical (unpaired) electrons. The molecule has 1 amide bonds. The van der Waals surface area contributed by atoms with Gasteiger partial charge in [0.25, 0.3) is 5.91 Å². The number of rotatable bonds is 5. The van der Waals surface area contributed by atoms with Crippen LogP contribution in [0.15, 0.2) is 53.4 Å². The van der Waals surface area contributed by atoms with Crippen molar-refractivity contribution in [1.29, 1.82) is 0 Å². The average Bonchev–Trinajstić information content (AvgIpc) is 3.08. The summed E-state index contributed by atoms with van der Waals surface area (Å²) in [5, 5.41) is 6.17. The number of carbonyl (C=O) groups is 1. The molecule has 1 aliphatic heterocycles. The van der Waals surface area contributed by atoms with Gasteiger partial charge in [0.2, 0.25) is 0 Å². The Bertz CT molecular complexity index is 854. The molecule has 0 aliphatic carbocycles. The van der Waals surface area contributed by atoms with E-state index in [4.69, 9.17) is 0 Å². The third kappa shape index (κ3) is 4.67. The number of amides is 1. The molecule has 1 saturated heterocycles. The van der Waals surface area contributed by atoms with Crippen LogP contribution in [0.25, 0.3) is 0 Å². The van der Waals surface area contributed by atoms with E-state index in [0.717, 1.165) is 31.3 Å². The molecule has 5 nitrogen and oxygen atoms in total. The molecule has 25 heavy (non-hydrogen) atoms. The van der Waals surface area contributed by atoms with Gasteiger partial charge >= 0.3 is 0 Å². The summed E-state index contributed by atoms with van der Waals surface area (Å²) in [5.41, 5.74) is 2.34. The highest BCUT2D eigenvalue weighted by atomic mass is 32.2. The SMILES string of the molecule is CS(=O)(=O)c1ccc(NC(=O)c2cccc(CC3CCNC3)c2)cc1. The van der Waals surface area contributed by atoms with Gasteiger partial charge in [0.05, 0.1) is 4.90 Å². The van der Waals surface area contributed by atoms with E-state index < -0.39 is 9.84 Å². The molecule has 6 heteroatoms. The second kappa shape index (κ2) is 7.37. The van der Waals surface area contributed by atoms with E-state index in [1.165, 1.54) is 18.6 Å². The fourth-order valence-electron chi connectivity index (χ4n) is 3.05. The van der Waals surface area contributed by atoms with Crippen molar-refractivity contribution in [2.24, 2.45) is 5.92 Å². The van der Waals surface area contributed by atoms with E-state index in [-0.39, 0.29) is 10.8 Å². The molecule has 2 aromatic carbocycles. The average molecular weight is 358 g/mol. The number of benzene rings is 2. The lowest BCUT2D eigenvalue weighted by molar-refractivity contribution is 0.102. The van der Waals surface area contributed by atoms with E-state index in [1.807, 2.05) is 12.1 Å². The van der Waals surface area contributed by atoms with Crippen molar-refractivity contribution in [3.05, 3.63) is 59.7 Å². The zero-order valence-corrected chi connectivity index (χ0v) is 15.0. The minimum Gasteiger partial charge on any atom is -0.322 e. The Morgan fingerprint density at radius 2 is 1.96 bits per heavy atom. The number of sulfone groups is 1. The molecular formula is C19H22N2O3S. The van der Waals surface area contributed by atoms with Crippen LogP contribution in [0.5, 0.6) is 0 Å². The van der Waals surface area contributed by atoms with Crippen LogP contribution < -0.4 is 10.6 Å². The summed E-state index contributed by atoms with van der Waals surface area (Å²) < 4.78 is 23.0. The molecule has 0 spiro atoms. The molecule has 132 valence electrons. The van der Waals surface area contributed by atoms with Gasteiger partial charge in [-0.15, -0.1) is 0 Å². The summed E-state index contributed by atoms with van der Waals surface area (Å²) in [5.74, 6) is 0.431. The summed E-state index contributed by atoms with van der Waals surface area (Å²) in [6, 6.07) is 13.9. The first-order valence-electron chi connectivity index (χ1n) is 8.33. The quantitative estimate of drug-likeness (QED) is 0.861. The van der Waals surface area contributed by atoms with Crippen LogP contribution in [-0.2, 0) is 16.3 Å². The minimum absolute atomic E-state index is 0.196. The molecule has 1 unspecified atom stereocenters. The van der Waals surface area contributed by atoms with Crippen molar-refractivity contribution < 1.29 is 13.2 Å². The normalized spacial score (nSPS) is 17.4. The first-order valence-corrected chi connectivity index (χ1v) is 10.2. The van der Waals surface area contributed by atoms with Crippen molar-refractivity contribution >= 4 is 21.4 Å². The van der Waals surface area contributed by atoms with Gasteiger partial charge in [-0.3, -0.25) is 4.79 Å². The number of hydrogen-bond donors (Lipinski definition) is 2. The summed E-state index contributed by atoms with van der Waals surface area (Å²) >= 11 is 0.